The third-order valence-corrected chi connectivity index (χ3v) is 3.48. The van der Waals surface area contributed by atoms with Crippen LogP contribution in [-0.2, 0) is 20.7 Å². The molecule has 96 valence electrons. The number of hydrogen-bond acceptors (Lipinski definition) is 4. The minimum Gasteiger partial charge on any atom is -0.469 e. The lowest BCUT2D eigenvalue weighted by Gasteiger charge is -2.14. The summed E-state index contributed by atoms with van der Waals surface area (Å²) in [4.78, 5) is 23.1. The first-order valence-corrected chi connectivity index (χ1v) is 5.72. The van der Waals surface area contributed by atoms with Crippen LogP contribution in [0.15, 0.2) is 24.3 Å². The fraction of sp³-hybridized carbons (Fsp3) is 0.385. The van der Waals surface area contributed by atoms with E-state index in [-0.39, 0.29) is 5.97 Å². The Morgan fingerprint density at radius 3 is 2.72 bits per heavy atom. The van der Waals surface area contributed by atoms with Crippen LogP contribution in [0.1, 0.15) is 12.0 Å². The number of carbonyl (C=O) groups excluding carboxylic acids is 2. The van der Waals surface area contributed by atoms with Crippen LogP contribution in [0.2, 0.25) is 0 Å². The number of benzene rings is 1. The SMILES string of the molecule is COC(=O)[C@@]1(Cc2cccc(N)c2)CC1C(N)=O. The minimum atomic E-state index is -0.797. The van der Waals surface area contributed by atoms with Crippen molar-refractivity contribution in [3.8, 4) is 0 Å². The lowest BCUT2D eigenvalue weighted by molar-refractivity contribution is -0.148. The Morgan fingerprint density at radius 2 is 2.22 bits per heavy atom. The second-order valence-corrected chi connectivity index (χ2v) is 4.73. The summed E-state index contributed by atoms with van der Waals surface area (Å²) in [6.45, 7) is 0. The van der Waals surface area contributed by atoms with Gasteiger partial charge in [0, 0.05) is 5.69 Å². The molecule has 1 aliphatic carbocycles. The number of methoxy groups -OCH3 is 1. The Morgan fingerprint density at radius 1 is 1.50 bits per heavy atom. The van der Waals surface area contributed by atoms with E-state index < -0.39 is 17.2 Å². The van der Waals surface area contributed by atoms with E-state index in [2.05, 4.69) is 0 Å². The summed E-state index contributed by atoms with van der Waals surface area (Å²) < 4.78 is 4.78. The average Bonchev–Trinajstić information content (AvgIpc) is 3.04. The second kappa shape index (κ2) is 4.33. The molecular formula is C13H16N2O3. The molecule has 5 heteroatoms. The Balaban J connectivity index is 2.23. The highest BCUT2D eigenvalue weighted by molar-refractivity contribution is 5.92. The molecule has 0 bridgehead atoms. The highest BCUT2D eigenvalue weighted by atomic mass is 16.5. The fourth-order valence-corrected chi connectivity index (χ4v) is 2.44. The number of nitrogen functional groups attached to an aromatic ring is 1. The molecule has 4 N–H and O–H groups in total. The molecule has 5 nitrogen and oxygen atoms in total. The Labute approximate surface area is 105 Å². The van der Waals surface area contributed by atoms with Crippen LogP contribution < -0.4 is 11.5 Å². The van der Waals surface area contributed by atoms with Crippen LogP contribution in [0.4, 0.5) is 5.69 Å². The van der Waals surface area contributed by atoms with E-state index in [0.29, 0.717) is 18.5 Å². The lowest BCUT2D eigenvalue weighted by atomic mass is 9.93. The summed E-state index contributed by atoms with van der Waals surface area (Å²) in [6.07, 6.45) is 0.877. The second-order valence-electron chi connectivity index (χ2n) is 4.73. The summed E-state index contributed by atoms with van der Waals surface area (Å²) in [5, 5.41) is 0. The molecule has 1 amide bonds. The molecular weight excluding hydrogens is 232 g/mol. The Hall–Kier alpha value is -2.04. The first-order valence-electron chi connectivity index (χ1n) is 5.72. The number of amides is 1. The molecule has 2 rings (SSSR count). The molecule has 1 aliphatic rings. The molecule has 1 saturated carbocycles. The van der Waals surface area contributed by atoms with Gasteiger partial charge in [-0.3, -0.25) is 9.59 Å². The van der Waals surface area contributed by atoms with Gasteiger partial charge >= 0.3 is 5.97 Å². The molecule has 0 aliphatic heterocycles. The molecule has 18 heavy (non-hydrogen) atoms. The van der Waals surface area contributed by atoms with Gasteiger partial charge in [0.2, 0.25) is 5.91 Å². The van der Waals surface area contributed by atoms with Crippen LogP contribution in [0, 0.1) is 11.3 Å². The number of ether oxygens (including phenoxy) is 1. The number of primary amides is 1. The monoisotopic (exact) mass is 248 g/mol. The predicted octanol–water partition coefficient (Wildman–Crippen LogP) is 0.476. The maximum atomic E-state index is 11.8. The highest BCUT2D eigenvalue weighted by Crippen LogP contribution is 2.55. The zero-order valence-corrected chi connectivity index (χ0v) is 10.2. The molecule has 2 atom stereocenters. The van der Waals surface area contributed by atoms with E-state index in [4.69, 9.17) is 16.2 Å². The van der Waals surface area contributed by atoms with Gasteiger partial charge < -0.3 is 16.2 Å². The van der Waals surface area contributed by atoms with Crippen LogP contribution in [0.25, 0.3) is 0 Å². The number of esters is 1. The van der Waals surface area contributed by atoms with Gasteiger partial charge in [0.1, 0.15) is 0 Å². The van der Waals surface area contributed by atoms with Crippen molar-refractivity contribution >= 4 is 17.6 Å². The molecule has 0 aromatic heterocycles. The first kappa shape index (κ1) is 12.4. The maximum absolute atomic E-state index is 11.8. The van der Waals surface area contributed by atoms with E-state index in [9.17, 15) is 9.59 Å². The Kier molecular flexibility index (Phi) is 2.98. The van der Waals surface area contributed by atoms with Gasteiger partial charge in [-0.15, -0.1) is 0 Å². The fourth-order valence-electron chi connectivity index (χ4n) is 2.44. The number of nitrogens with two attached hydrogens (primary N) is 2. The molecule has 0 heterocycles. The third-order valence-electron chi connectivity index (χ3n) is 3.48. The summed E-state index contributed by atoms with van der Waals surface area (Å²) in [5.41, 5.74) is 11.7. The summed E-state index contributed by atoms with van der Waals surface area (Å²) >= 11 is 0. The van der Waals surface area contributed by atoms with E-state index in [0.717, 1.165) is 5.56 Å². The van der Waals surface area contributed by atoms with Gasteiger partial charge in [-0.25, -0.2) is 0 Å². The Bertz CT molecular complexity index is 501. The number of anilines is 1. The molecule has 0 radical (unpaired) electrons. The van der Waals surface area contributed by atoms with E-state index in [1.54, 1.807) is 12.1 Å². The van der Waals surface area contributed by atoms with Crippen molar-refractivity contribution in [3.63, 3.8) is 0 Å². The summed E-state index contributed by atoms with van der Waals surface area (Å²) in [6, 6.07) is 7.25. The van der Waals surface area contributed by atoms with Gasteiger partial charge in [0.05, 0.1) is 18.4 Å². The van der Waals surface area contributed by atoms with Crippen molar-refractivity contribution in [2.75, 3.05) is 12.8 Å². The summed E-state index contributed by atoms with van der Waals surface area (Å²) in [5.74, 6) is -1.27. The van der Waals surface area contributed by atoms with Gasteiger partial charge in [-0.1, -0.05) is 12.1 Å². The van der Waals surface area contributed by atoms with Crippen molar-refractivity contribution in [2.45, 2.75) is 12.8 Å². The zero-order valence-electron chi connectivity index (χ0n) is 10.2. The smallest absolute Gasteiger partial charge is 0.312 e. The molecule has 1 aromatic rings. The van der Waals surface area contributed by atoms with Crippen LogP contribution in [0.3, 0.4) is 0 Å². The highest BCUT2D eigenvalue weighted by Gasteiger charge is 2.63. The molecule has 0 saturated heterocycles. The van der Waals surface area contributed by atoms with Crippen molar-refractivity contribution in [1.82, 2.24) is 0 Å². The standard InChI is InChI=1S/C13H16N2O3/c1-18-12(17)13(7-10(13)11(15)16)6-8-3-2-4-9(14)5-8/h2-5,10H,6-7,14H2,1H3,(H2,15,16)/t10?,13-/m0/s1. The quantitative estimate of drug-likeness (QED) is 0.598. The van der Waals surface area contributed by atoms with Gasteiger partial charge in [0.25, 0.3) is 0 Å². The predicted molar refractivity (Wildman–Crippen MR) is 66.3 cm³/mol. The van der Waals surface area contributed by atoms with Gasteiger partial charge in [0.15, 0.2) is 0 Å². The normalized spacial score (nSPS) is 25.5. The van der Waals surface area contributed by atoms with Crippen LogP contribution in [-0.4, -0.2) is 19.0 Å². The van der Waals surface area contributed by atoms with Crippen LogP contribution in [0.5, 0.6) is 0 Å². The zero-order chi connectivity index (χ0) is 13.3. The largest absolute Gasteiger partial charge is 0.469 e. The number of rotatable bonds is 4. The van der Waals surface area contributed by atoms with Crippen molar-refractivity contribution < 1.29 is 14.3 Å². The van der Waals surface area contributed by atoms with E-state index in [1.807, 2.05) is 12.1 Å². The molecule has 1 unspecified atom stereocenters. The summed E-state index contributed by atoms with van der Waals surface area (Å²) in [7, 11) is 1.32. The van der Waals surface area contributed by atoms with Crippen molar-refractivity contribution in [1.29, 1.82) is 0 Å². The van der Waals surface area contributed by atoms with Crippen LogP contribution >= 0.6 is 0 Å². The molecule has 1 fully saturated rings. The lowest BCUT2D eigenvalue weighted by Crippen LogP contribution is -2.28. The topological polar surface area (TPSA) is 95.4 Å². The van der Waals surface area contributed by atoms with Gasteiger partial charge in [-0.05, 0) is 30.5 Å². The van der Waals surface area contributed by atoms with E-state index >= 15 is 0 Å². The van der Waals surface area contributed by atoms with E-state index in [1.165, 1.54) is 7.11 Å². The minimum absolute atomic E-state index is 0.381. The maximum Gasteiger partial charge on any atom is 0.312 e. The third kappa shape index (κ3) is 2.03. The number of hydrogen-bond donors (Lipinski definition) is 2. The average molecular weight is 248 g/mol. The molecule has 0 spiro atoms. The van der Waals surface area contributed by atoms with Gasteiger partial charge in [-0.2, -0.15) is 0 Å². The molecule has 1 aromatic carbocycles. The first-order chi connectivity index (χ1) is 8.49. The number of carbonyl (C=O) groups is 2. The van der Waals surface area contributed by atoms with Crippen molar-refractivity contribution in [3.05, 3.63) is 29.8 Å². The van der Waals surface area contributed by atoms with Crippen molar-refractivity contribution in [2.24, 2.45) is 17.1 Å².